The fourth-order valence-electron chi connectivity index (χ4n) is 1.36. The molecule has 4 heteroatoms. The lowest BCUT2D eigenvalue weighted by Gasteiger charge is -2.11. The molecule has 0 aromatic carbocycles. The van der Waals surface area contributed by atoms with Gasteiger partial charge in [-0.15, -0.1) is 0 Å². The standard InChI is InChI=1S/C11H15NO3/c1-3-15-10(14)7-8(2)11-9(13)5-4-6-12-11/h4-6,8,13H,3,7H2,1-2H3. The Morgan fingerprint density at radius 2 is 2.40 bits per heavy atom. The Hall–Kier alpha value is -1.58. The van der Waals surface area contributed by atoms with Gasteiger partial charge in [0.15, 0.2) is 0 Å². The average Bonchev–Trinajstić information content (AvgIpc) is 2.18. The zero-order chi connectivity index (χ0) is 11.3. The largest absolute Gasteiger partial charge is 0.506 e. The van der Waals surface area contributed by atoms with Crippen molar-refractivity contribution in [2.24, 2.45) is 0 Å². The molecular formula is C11H15NO3. The molecule has 0 radical (unpaired) electrons. The van der Waals surface area contributed by atoms with Crippen molar-refractivity contribution >= 4 is 5.97 Å². The van der Waals surface area contributed by atoms with Crippen LogP contribution in [0.2, 0.25) is 0 Å². The number of hydrogen-bond acceptors (Lipinski definition) is 4. The number of aromatic nitrogens is 1. The predicted molar refractivity (Wildman–Crippen MR) is 55.6 cm³/mol. The number of carbonyl (C=O) groups excluding carboxylic acids is 1. The van der Waals surface area contributed by atoms with E-state index in [1.165, 1.54) is 0 Å². The summed E-state index contributed by atoms with van der Waals surface area (Å²) >= 11 is 0. The maximum Gasteiger partial charge on any atom is 0.306 e. The molecule has 0 bridgehead atoms. The fourth-order valence-corrected chi connectivity index (χ4v) is 1.36. The minimum atomic E-state index is -0.268. The summed E-state index contributed by atoms with van der Waals surface area (Å²) in [6.07, 6.45) is 1.83. The lowest BCUT2D eigenvalue weighted by molar-refractivity contribution is -0.143. The number of pyridine rings is 1. The van der Waals surface area contributed by atoms with Crippen LogP contribution < -0.4 is 0 Å². The summed E-state index contributed by atoms with van der Waals surface area (Å²) in [5.74, 6) is -0.283. The second-order valence-electron chi connectivity index (χ2n) is 3.32. The summed E-state index contributed by atoms with van der Waals surface area (Å²) in [5, 5.41) is 9.51. The molecular weight excluding hydrogens is 194 g/mol. The number of aromatic hydroxyl groups is 1. The number of esters is 1. The molecule has 1 rings (SSSR count). The van der Waals surface area contributed by atoms with Crippen molar-refractivity contribution in [3.8, 4) is 5.75 Å². The van der Waals surface area contributed by atoms with Gasteiger partial charge in [0.1, 0.15) is 5.75 Å². The van der Waals surface area contributed by atoms with Gasteiger partial charge in [0.05, 0.1) is 18.7 Å². The van der Waals surface area contributed by atoms with Gasteiger partial charge in [-0.3, -0.25) is 9.78 Å². The zero-order valence-electron chi connectivity index (χ0n) is 8.93. The first-order chi connectivity index (χ1) is 7.15. The van der Waals surface area contributed by atoms with Crippen molar-refractivity contribution < 1.29 is 14.6 Å². The van der Waals surface area contributed by atoms with Crippen LogP contribution in [0, 0.1) is 0 Å². The van der Waals surface area contributed by atoms with E-state index >= 15 is 0 Å². The van der Waals surface area contributed by atoms with Gasteiger partial charge in [-0.05, 0) is 19.1 Å². The van der Waals surface area contributed by atoms with Crippen molar-refractivity contribution in [2.75, 3.05) is 6.61 Å². The van der Waals surface area contributed by atoms with Crippen LogP contribution in [0.5, 0.6) is 5.75 Å². The Morgan fingerprint density at radius 1 is 1.67 bits per heavy atom. The number of hydrogen-bond donors (Lipinski definition) is 1. The molecule has 0 aliphatic carbocycles. The Morgan fingerprint density at radius 3 is 3.00 bits per heavy atom. The molecule has 1 atom stereocenters. The van der Waals surface area contributed by atoms with E-state index in [-0.39, 0.29) is 24.1 Å². The summed E-state index contributed by atoms with van der Waals surface area (Å²) in [4.78, 5) is 15.2. The first-order valence-corrected chi connectivity index (χ1v) is 4.94. The van der Waals surface area contributed by atoms with Gasteiger partial charge < -0.3 is 9.84 Å². The minimum Gasteiger partial charge on any atom is -0.506 e. The van der Waals surface area contributed by atoms with E-state index in [2.05, 4.69) is 4.98 Å². The molecule has 0 saturated carbocycles. The van der Waals surface area contributed by atoms with E-state index in [0.29, 0.717) is 12.3 Å². The fraction of sp³-hybridized carbons (Fsp3) is 0.455. The van der Waals surface area contributed by atoms with Gasteiger partial charge in [-0.2, -0.15) is 0 Å². The maximum absolute atomic E-state index is 11.2. The predicted octanol–water partition coefficient (Wildman–Crippen LogP) is 1.84. The summed E-state index contributed by atoms with van der Waals surface area (Å²) in [6, 6.07) is 3.21. The number of nitrogens with zero attached hydrogens (tertiary/aromatic N) is 1. The second kappa shape index (κ2) is 5.34. The van der Waals surface area contributed by atoms with Crippen molar-refractivity contribution in [3.63, 3.8) is 0 Å². The highest BCUT2D eigenvalue weighted by molar-refractivity contribution is 5.70. The molecule has 0 aliphatic heterocycles. The third-order valence-electron chi connectivity index (χ3n) is 2.06. The molecule has 4 nitrogen and oxygen atoms in total. The molecule has 0 fully saturated rings. The Labute approximate surface area is 88.9 Å². The van der Waals surface area contributed by atoms with Crippen molar-refractivity contribution in [3.05, 3.63) is 24.0 Å². The van der Waals surface area contributed by atoms with Crippen LogP contribution in [0.25, 0.3) is 0 Å². The molecule has 1 heterocycles. The van der Waals surface area contributed by atoms with Gasteiger partial charge in [-0.1, -0.05) is 6.92 Å². The molecule has 0 spiro atoms. The Balaban J connectivity index is 2.65. The van der Waals surface area contributed by atoms with E-state index < -0.39 is 0 Å². The van der Waals surface area contributed by atoms with Gasteiger partial charge >= 0.3 is 5.97 Å². The van der Waals surface area contributed by atoms with E-state index in [4.69, 9.17) is 4.74 Å². The molecule has 1 unspecified atom stereocenters. The van der Waals surface area contributed by atoms with Gasteiger partial charge in [0, 0.05) is 12.1 Å². The lowest BCUT2D eigenvalue weighted by atomic mass is 10.0. The zero-order valence-corrected chi connectivity index (χ0v) is 8.93. The van der Waals surface area contributed by atoms with E-state index in [1.807, 2.05) is 6.92 Å². The topological polar surface area (TPSA) is 59.4 Å². The molecule has 15 heavy (non-hydrogen) atoms. The van der Waals surface area contributed by atoms with Crippen LogP contribution in [0.3, 0.4) is 0 Å². The van der Waals surface area contributed by atoms with E-state index in [0.717, 1.165) is 0 Å². The Kier molecular flexibility index (Phi) is 4.09. The monoisotopic (exact) mass is 209 g/mol. The van der Waals surface area contributed by atoms with Gasteiger partial charge in [0.25, 0.3) is 0 Å². The van der Waals surface area contributed by atoms with E-state index in [9.17, 15) is 9.90 Å². The summed E-state index contributed by atoms with van der Waals surface area (Å²) in [6.45, 7) is 3.97. The normalized spacial score (nSPS) is 12.1. The molecule has 0 saturated heterocycles. The SMILES string of the molecule is CCOC(=O)CC(C)c1ncccc1O. The van der Waals surface area contributed by atoms with Crippen molar-refractivity contribution in [2.45, 2.75) is 26.2 Å². The lowest BCUT2D eigenvalue weighted by Crippen LogP contribution is -2.09. The molecule has 1 N–H and O–H groups in total. The number of rotatable bonds is 4. The van der Waals surface area contributed by atoms with Crippen LogP contribution in [-0.4, -0.2) is 22.7 Å². The van der Waals surface area contributed by atoms with Crippen LogP contribution in [0.4, 0.5) is 0 Å². The second-order valence-corrected chi connectivity index (χ2v) is 3.32. The third kappa shape index (κ3) is 3.23. The molecule has 82 valence electrons. The van der Waals surface area contributed by atoms with Gasteiger partial charge in [0.2, 0.25) is 0 Å². The van der Waals surface area contributed by atoms with Crippen molar-refractivity contribution in [1.82, 2.24) is 4.98 Å². The smallest absolute Gasteiger partial charge is 0.306 e. The molecule has 1 aromatic rings. The van der Waals surface area contributed by atoms with E-state index in [1.54, 1.807) is 25.3 Å². The van der Waals surface area contributed by atoms with Crippen molar-refractivity contribution in [1.29, 1.82) is 0 Å². The van der Waals surface area contributed by atoms with Crippen LogP contribution >= 0.6 is 0 Å². The highest BCUT2D eigenvalue weighted by Crippen LogP contribution is 2.25. The minimum absolute atomic E-state index is 0.120. The first-order valence-electron chi connectivity index (χ1n) is 4.94. The van der Waals surface area contributed by atoms with Crippen LogP contribution in [0.15, 0.2) is 18.3 Å². The quantitative estimate of drug-likeness (QED) is 0.769. The van der Waals surface area contributed by atoms with Crippen LogP contribution in [0.1, 0.15) is 31.9 Å². The summed E-state index contributed by atoms with van der Waals surface area (Å²) < 4.78 is 4.83. The van der Waals surface area contributed by atoms with Gasteiger partial charge in [-0.25, -0.2) is 0 Å². The summed E-state index contributed by atoms with van der Waals surface area (Å²) in [5.41, 5.74) is 0.533. The summed E-state index contributed by atoms with van der Waals surface area (Å²) in [7, 11) is 0. The molecule has 0 aliphatic rings. The number of ether oxygens (including phenoxy) is 1. The number of carbonyl (C=O) groups is 1. The highest BCUT2D eigenvalue weighted by Gasteiger charge is 2.15. The first kappa shape index (κ1) is 11.5. The highest BCUT2D eigenvalue weighted by atomic mass is 16.5. The Bertz CT molecular complexity index is 338. The molecule has 1 aromatic heterocycles. The average molecular weight is 209 g/mol. The maximum atomic E-state index is 11.2. The van der Waals surface area contributed by atoms with Crippen LogP contribution in [-0.2, 0) is 9.53 Å². The molecule has 0 amide bonds. The third-order valence-corrected chi connectivity index (χ3v) is 2.06.